The second-order valence-corrected chi connectivity index (χ2v) is 10.0. The average molecular weight is 482 g/mol. The maximum absolute atomic E-state index is 12.5. The van der Waals surface area contributed by atoms with E-state index in [9.17, 15) is 9.59 Å². The third kappa shape index (κ3) is 8.19. The summed E-state index contributed by atoms with van der Waals surface area (Å²) in [5.74, 6) is 0.631. The number of aryl methyl sites for hydroxylation is 1. The van der Waals surface area contributed by atoms with E-state index in [1.807, 2.05) is 81.6 Å². The molecule has 8 heteroatoms. The van der Waals surface area contributed by atoms with Gasteiger partial charge in [0, 0.05) is 24.7 Å². The lowest BCUT2D eigenvalue weighted by Gasteiger charge is -2.24. The summed E-state index contributed by atoms with van der Waals surface area (Å²) in [7, 11) is 1.68. The first-order valence-corrected chi connectivity index (χ1v) is 11.9. The number of anilines is 1. The van der Waals surface area contributed by atoms with Crippen LogP contribution in [0.3, 0.4) is 0 Å². The van der Waals surface area contributed by atoms with Crippen LogP contribution < -0.4 is 10.1 Å². The molecule has 0 saturated carbocycles. The van der Waals surface area contributed by atoms with Crippen molar-refractivity contribution in [1.82, 2.24) is 9.88 Å². The van der Waals surface area contributed by atoms with E-state index in [0.29, 0.717) is 24.5 Å². The van der Waals surface area contributed by atoms with Gasteiger partial charge in [0.2, 0.25) is 5.91 Å². The topological polar surface area (TPSA) is 80.8 Å². The molecule has 0 spiro atoms. The Morgan fingerprint density at radius 1 is 1.12 bits per heavy atom. The molecule has 1 N–H and O–H groups in total. The number of rotatable bonds is 8. The van der Waals surface area contributed by atoms with Crippen molar-refractivity contribution in [3.8, 4) is 5.75 Å². The fourth-order valence-electron chi connectivity index (χ4n) is 3.07. The smallest absolute Gasteiger partial charge is 0.410 e. The normalized spacial score (nSPS) is 11.1. The Kier molecular flexibility index (Phi) is 8.28. The predicted octanol–water partition coefficient (Wildman–Crippen LogP) is 5.58. The zero-order valence-electron chi connectivity index (χ0n) is 20.3. The van der Waals surface area contributed by atoms with Crippen molar-refractivity contribution in [3.63, 3.8) is 0 Å². The van der Waals surface area contributed by atoms with Gasteiger partial charge >= 0.3 is 6.09 Å². The van der Waals surface area contributed by atoms with Crippen molar-refractivity contribution in [1.29, 1.82) is 0 Å². The van der Waals surface area contributed by atoms with Crippen molar-refractivity contribution in [3.05, 3.63) is 75.7 Å². The van der Waals surface area contributed by atoms with Gasteiger partial charge in [-0.1, -0.05) is 29.8 Å². The molecule has 0 saturated heterocycles. The van der Waals surface area contributed by atoms with Crippen molar-refractivity contribution in [2.75, 3.05) is 12.4 Å². The Morgan fingerprint density at radius 2 is 1.85 bits per heavy atom. The number of carbonyl (C=O) groups excluding carboxylic acids is 2. The lowest BCUT2D eigenvalue weighted by Crippen LogP contribution is -2.33. The van der Waals surface area contributed by atoms with E-state index >= 15 is 0 Å². The first kappa shape index (κ1) is 25.2. The van der Waals surface area contributed by atoms with Crippen LogP contribution in [0.5, 0.6) is 5.75 Å². The van der Waals surface area contributed by atoms with E-state index < -0.39 is 11.7 Å². The Labute approximate surface area is 204 Å². The maximum atomic E-state index is 12.5. The number of carbonyl (C=O) groups is 2. The predicted molar refractivity (Wildman–Crippen MR) is 134 cm³/mol. The summed E-state index contributed by atoms with van der Waals surface area (Å²) in [6, 6.07) is 15.3. The van der Waals surface area contributed by atoms with Crippen LogP contribution in [0.2, 0.25) is 0 Å². The van der Waals surface area contributed by atoms with E-state index in [4.69, 9.17) is 9.47 Å². The molecule has 0 aliphatic rings. The Morgan fingerprint density at radius 3 is 2.56 bits per heavy atom. The number of hydrogen-bond donors (Lipinski definition) is 1. The van der Waals surface area contributed by atoms with E-state index in [-0.39, 0.29) is 12.3 Å². The average Bonchev–Trinajstić information content (AvgIpc) is 3.19. The summed E-state index contributed by atoms with van der Waals surface area (Å²) < 4.78 is 11.1. The second-order valence-electron chi connectivity index (χ2n) is 9.10. The van der Waals surface area contributed by atoms with Gasteiger partial charge in [-0.25, -0.2) is 9.78 Å². The molecule has 2 amide bonds. The van der Waals surface area contributed by atoms with Gasteiger partial charge in [-0.05, 0) is 57.5 Å². The zero-order valence-corrected chi connectivity index (χ0v) is 21.1. The van der Waals surface area contributed by atoms with Gasteiger partial charge in [-0.15, -0.1) is 11.3 Å². The number of amides is 2. The molecular weight excluding hydrogens is 450 g/mol. The SMILES string of the molecule is Cc1ccc(OCc2nc(CC(=O)Nc3cccc(CN(C)C(=O)OC(C)(C)C)c3)cs2)cc1. The van der Waals surface area contributed by atoms with Gasteiger partial charge < -0.3 is 19.7 Å². The standard InChI is InChI=1S/C26H31N3O4S/c1-18-9-11-22(12-10-18)32-16-24-28-21(17-34-24)14-23(30)27-20-8-6-7-19(13-20)15-29(5)25(31)33-26(2,3)4/h6-13,17H,14-16H2,1-5H3,(H,27,30). The van der Waals surface area contributed by atoms with Crippen molar-refractivity contribution in [2.24, 2.45) is 0 Å². The highest BCUT2D eigenvalue weighted by molar-refractivity contribution is 7.09. The summed E-state index contributed by atoms with van der Waals surface area (Å²) in [5.41, 5.74) is 2.87. The maximum Gasteiger partial charge on any atom is 0.410 e. The number of aromatic nitrogens is 1. The van der Waals surface area contributed by atoms with Crippen molar-refractivity contribution < 1.29 is 19.1 Å². The molecule has 1 heterocycles. The molecule has 1 aromatic heterocycles. The molecule has 2 aromatic carbocycles. The molecule has 0 bridgehead atoms. The molecule has 0 radical (unpaired) electrons. The number of thiazole rings is 1. The third-order valence-electron chi connectivity index (χ3n) is 4.66. The minimum absolute atomic E-state index is 0.158. The second kappa shape index (κ2) is 11.2. The molecule has 0 atom stereocenters. The number of benzene rings is 2. The van der Waals surface area contributed by atoms with Gasteiger partial charge in [0.1, 0.15) is 23.0 Å². The van der Waals surface area contributed by atoms with Crippen LogP contribution in [0.25, 0.3) is 0 Å². The monoisotopic (exact) mass is 481 g/mol. The van der Waals surface area contributed by atoms with E-state index in [0.717, 1.165) is 16.3 Å². The van der Waals surface area contributed by atoms with Crippen LogP contribution in [-0.2, 0) is 29.1 Å². The first-order valence-electron chi connectivity index (χ1n) is 11.0. The molecule has 34 heavy (non-hydrogen) atoms. The molecule has 0 unspecified atom stereocenters. The van der Waals surface area contributed by atoms with Crippen LogP contribution >= 0.6 is 11.3 Å². The number of nitrogens with zero attached hydrogens (tertiary/aromatic N) is 2. The van der Waals surface area contributed by atoms with Crippen LogP contribution in [0, 0.1) is 6.92 Å². The number of ether oxygens (including phenoxy) is 2. The fourth-order valence-corrected chi connectivity index (χ4v) is 3.78. The van der Waals surface area contributed by atoms with Crippen LogP contribution in [0.1, 0.15) is 42.6 Å². The van der Waals surface area contributed by atoms with Crippen molar-refractivity contribution in [2.45, 2.75) is 52.9 Å². The largest absolute Gasteiger partial charge is 0.486 e. The van der Waals surface area contributed by atoms with E-state index in [1.165, 1.54) is 21.8 Å². The minimum atomic E-state index is -0.552. The van der Waals surface area contributed by atoms with Gasteiger partial charge in [-0.3, -0.25) is 4.79 Å². The molecule has 7 nitrogen and oxygen atoms in total. The summed E-state index contributed by atoms with van der Waals surface area (Å²) >= 11 is 1.47. The molecule has 3 aromatic rings. The van der Waals surface area contributed by atoms with Gasteiger partial charge in [-0.2, -0.15) is 0 Å². The van der Waals surface area contributed by atoms with Crippen LogP contribution in [0.4, 0.5) is 10.5 Å². The highest BCUT2D eigenvalue weighted by Gasteiger charge is 2.19. The number of nitrogens with one attached hydrogen (secondary N) is 1. The number of hydrogen-bond acceptors (Lipinski definition) is 6. The van der Waals surface area contributed by atoms with Crippen LogP contribution in [0.15, 0.2) is 53.9 Å². The molecule has 0 aliphatic carbocycles. The van der Waals surface area contributed by atoms with E-state index in [1.54, 1.807) is 7.05 Å². The van der Waals surface area contributed by atoms with Crippen LogP contribution in [-0.4, -0.2) is 34.5 Å². The van der Waals surface area contributed by atoms with Gasteiger partial charge in [0.05, 0.1) is 12.1 Å². The Bertz CT molecular complexity index is 1120. The quantitative estimate of drug-likeness (QED) is 0.454. The lowest BCUT2D eigenvalue weighted by molar-refractivity contribution is -0.115. The molecule has 180 valence electrons. The first-order chi connectivity index (χ1) is 16.1. The van der Waals surface area contributed by atoms with E-state index in [2.05, 4.69) is 10.3 Å². The summed E-state index contributed by atoms with van der Waals surface area (Å²) in [6.45, 7) is 8.25. The summed E-state index contributed by atoms with van der Waals surface area (Å²) in [6.07, 6.45) is -0.226. The van der Waals surface area contributed by atoms with Gasteiger partial charge in [0.15, 0.2) is 0 Å². The summed E-state index contributed by atoms with van der Waals surface area (Å²) in [4.78, 5) is 30.7. The lowest BCUT2D eigenvalue weighted by atomic mass is 10.2. The van der Waals surface area contributed by atoms with Crippen molar-refractivity contribution >= 4 is 29.0 Å². The molecule has 3 rings (SSSR count). The highest BCUT2D eigenvalue weighted by atomic mass is 32.1. The molecular formula is C26H31N3O4S. The Balaban J connectivity index is 1.50. The highest BCUT2D eigenvalue weighted by Crippen LogP contribution is 2.18. The summed E-state index contributed by atoms with van der Waals surface area (Å²) in [5, 5.41) is 5.59. The van der Waals surface area contributed by atoms with Gasteiger partial charge in [0.25, 0.3) is 0 Å². The Hall–Kier alpha value is -3.39. The molecule has 0 fully saturated rings. The fraction of sp³-hybridized carbons (Fsp3) is 0.346. The zero-order chi connectivity index (χ0) is 24.7. The molecule has 0 aliphatic heterocycles. The minimum Gasteiger partial charge on any atom is -0.486 e. The third-order valence-corrected chi connectivity index (χ3v) is 5.53.